The molecular formula is C22H26N4O3S. The number of aromatic nitrogens is 1. The van der Waals surface area contributed by atoms with Gasteiger partial charge in [0.05, 0.1) is 6.61 Å². The molecule has 0 atom stereocenters. The van der Waals surface area contributed by atoms with E-state index in [0.29, 0.717) is 17.4 Å². The first-order valence-electron chi connectivity index (χ1n) is 10.1. The first-order valence-corrected chi connectivity index (χ1v) is 11.0. The molecule has 1 N–H and O–H groups in total. The highest BCUT2D eigenvalue weighted by molar-refractivity contribution is 7.17. The number of thiophene rings is 1. The number of hydroxylamine groups is 2. The van der Waals surface area contributed by atoms with Gasteiger partial charge in [-0.25, -0.2) is 5.06 Å². The highest BCUT2D eigenvalue weighted by Gasteiger charge is 2.18. The molecule has 1 aliphatic rings. The van der Waals surface area contributed by atoms with Crippen molar-refractivity contribution in [2.75, 3.05) is 51.3 Å². The maximum absolute atomic E-state index is 11.8. The molecule has 1 aromatic carbocycles. The number of pyridine rings is 1. The van der Waals surface area contributed by atoms with Crippen LogP contribution in [0, 0.1) is 0 Å². The molecule has 8 heteroatoms. The van der Waals surface area contributed by atoms with Crippen molar-refractivity contribution in [1.82, 2.24) is 14.9 Å². The fourth-order valence-electron chi connectivity index (χ4n) is 3.73. The molecule has 2 aromatic heterocycles. The Morgan fingerprint density at radius 3 is 2.87 bits per heavy atom. The van der Waals surface area contributed by atoms with E-state index in [9.17, 15) is 10.0 Å². The molecule has 30 heavy (non-hydrogen) atoms. The third-order valence-electron chi connectivity index (χ3n) is 5.32. The first kappa shape index (κ1) is 20.6. The number of carbonyl (C=O) groups is 1. The quantitative estimate of drug-likeness (QED) is 0.355. The monoisotopic (exact) mass is 426 g/mol. The molecule has 0 radical (unpaired) electrons. The van der Waals surface area contributed by atoms with Crippen LogP contribution in [0.1, 0.15) is 16.9 Å². The van der Waals surface area contributed by atoms with Crippen LogP contribution in [0.4, 0.5) is 5.69 Å². The third kappa shape index (κ3) is 4.72. The second kappa shape index (κ2) is 9.42. The lowest BCUT2D eigenvalue weighted by atomic mass is 10.2. The SMILES string of the molecule is CN(O)C(=O)c1cc(OCCCN2CCN(c3cccc4sccc34)CC2)ccn1. The van der Waals surface area contributed by atoms with Crippen molar-refractivity contribution < 1.29 is 14.7 Å². The summed E-state index contributed by atoms with van der Waals surface area (Å²) in [6.45, 7) is 5.68. The molecule has 0 unspecified atom stereocenters. The summed E-state index contributed by atoms with van der Waals surface area (Å²) in [5.41, 5.74) is 1.50. The van der Waals surface area contributed by atoms with Gasteiger partial charge in [0.15, 0.2) is 0 Å². The first-order chi connectivity index (χ1) is 14.6. The van der Waals surface area contributed by atoms with Crippen molar-refractivity contribution in [2.45, 2.75) is 6.42 Å². The van der Waals surface area contributed by atoms with Crippen LogP contribution in [-0.2, 0) is 0 Å². The Hall–Kier alpha value is -2.68. The molecule has 3 heterocycles. The van der Waals surface area contributed by atoms with Crippen molar-refractivity contribution in [1.29, 1.82) is 0 Å². The van der Waals surface area contributed by atoms with Crippen LogP contribution in [-0.4, -0.2) is 72.4 Å². The minimum atomic E-state index is -0.559. The summed E-state index contributed by atoms with van der Waals surface area (Å²) in [6, 6.07) is 12.0. The summed E-state index contributed by atoms with van der Waals surface area (Å²) < 4.78 is 7.12. The maximum Gasteiger partial charge on any atom is 0.295 e. The molecule has 1 fully saturated rings. The van der Waals surface area contributed by atoms with E-state index in [1.807, 2.05) is 0 Å². The number of amides is 1. The van der Waals surface area contributed by atoms with Crippen LogP contribution in [0.25, 0.3) is 10.1 Å². The predicted octanol–water partition coefficient (Wildman–Crippen LogP) is 3.35. The molecule has 4 rings (SSSR count). The van der Waals surface area contributed by atoms with Gasteiger partial charge in [-0.3, -0.25) is 19.9 Å². The van der Waals surface area contributed by atoms with Gasteiger partial charge in [-0.15, -0.1) is 11.3 Å². The summed E-state index contributed by atoms with van der Waals surface area (Å²) in [5, 5.41) is 13.3. The second-order valence-electron chi connectivity index (χ2n) is 7.35. The molecule has 1 saturated heterocycles. The number of hydrogen-bond acceptors (Lipinski definition) is 7. The highest BCUT2D eigenvalue weighted by atomic mass is 32.1. The number of hydrogen-bond donors (Lipinski definition) is 1. The lowest BCUT2D eigenvalue weighted by Gasteiger charge is -2.36. The van der Waals surface area contributed by atoms with E-state index in [1.54, 1.807) is 23.5 Å². The summed E-state index contributed by atoms with van der Waals surface area (Å²) in [5.74, 6) is 0.0281. The number of carbonyl (C=O) groups excluding carboxylic acids is 1. The van der Waals surface area contributed by atoms with E-state index >= 15 is 0 Å². The van der Waals surface area contributed by atoms with Crippen LogP contribution in [0.2, 0.25) is 0 Å². The summed E-state index contributed by atoms with van der Waals surface area (Å²) in [4.78, 5) is 20.7. The fraction of sp³-hybridized carbons (Fsp3) is 0.364. The molecular weight excluding hydrogens is 400 g/mol. The molecule has 1 aliphatic heterocycles. The van der Waals surface area contributed by atoms with Crippen molar-refractivity contribution >= 4 is 33.0 Å². The molecule has 7 nitrogen and oxygen atoms in total. The van der Waals surface area contributed by atoms with Gasteiger partial charge in [0.2, 0.25) is 0 Å². The Morgan fingerprint density at radius 2 is 2.07 bits per heavy atom. The molecule has 0 bridgehead atoms. The Kier molecular flexibility index (Phi) is 6.47. The average molecular weight is 427 g/mol. The van der Waals surface area contributed by atoms with Gasteiger partial charge in [-0.2, -0.15) is 0 Å². The minimum absolute atomic E-state index is 0.161. The van der Waals surface area contributed by atoms with Crippen LogP contribution >= 0.6 is 11.3 Å². The molecule has 158 valence electrons. The summed E-state index contributed by atoms with van der Waals surface area (Å²) in [6.07, 6.45) is 2.42. The van der Waals surface area contributed by atoms with Crippen LogP contribution in [0.15, 0.2) is 48.0 Å². The van der Waals surface area contributed by atoms with Crippen molar-refractivity contribution in [3.05, 3.63) is 53.7 Å². The van der Waals surface area contributed by atoms with E-state index in [-0.39, 0.29) is 5.69 Å². The van der Waals surface area contributed by atoms with E-state index in [1.165, 1.54) is 29.0 Å². The Labute approximate surface area is 180 Å². The zero-order chi connectivity index (χ0) is 20.9. The normalized spacial score (nSPS) is 14.8. The number of ether oxygens (including phenoxy) is 1. The molecule has 3 aromatic rings. The number of anilines is 1. The van der Waals surface area contributed by atoms with Gasteiger partial charge in [0, 0.05) is 67.8 Å². The van der Waals surface area contributed by atoms with Crippen molar-refractivity contribution in [3.8, 4) is 5.75 Å². The van der Waals surface area contributed by atoms with Gasteiger partial charge in [0.25, 0.3) is 5.91 Å². The molecule has 0 aliphatic carbocycles. The number of rotatable bonds is 7. The van der Waals surface area contributed by atoms with Gasteiger partial charge >= 0.3 is 0 Å². The van der Waals surface area contributed by atoms with E-state index in [2.05, 4.69) is 44.4 Å². The minimum Gasteiger partial charge on any atom is -0.493 e. The average Bonchev–Trinajstić information content (AvgIpc) is 3.26. The summed E-state index contributed by atoms with van der Waals surface area (Å²) >= 11 is 1.79. The Balaban J connectivity index is 1.22. The summed E-state index contributed by atoms with van der Waals surface area (Å²) in [7, 11) is 1.28. The fourth-order valence-corrected chi connectivity index (χ4v) is 4.54. The number of benzene rings is 1. The maximum atomic E-state index is 11.8. The van der Waals surface area contributed by atoms with Crippen molar-refractivity contribution in [3.63, 3.8) is 0 Å². The lowest BCUT2D eigenvalue weighted by molar-refractivity contribution is -0.0379. The van der Waals surface area contributed by atoms with Gasteiger partial charge in [0.1, 0.15) is 11.4 Å². The predicted molar refractivity (Wildman–Crippen MR) is 119 cm³/mol. The molecule has 0 saturated carbocycles. The van der Waals surface area contributed by atoms with Gasteiger partial charge < -0.3 is 9.64 Å². The topological polar surface area (TPSA) is 69.1 Å². The Morgan fingerprint density at radius 1 is 1.23 bits per heavy atom. The van der Waals surface area contributed by atoms with Gasteiger partial charge in [-0.05, 0) is 36.1 Å². The number of piperazine rings is 1. The second-order valence-corrected chi connectivity index (χ2v) is 8.29. The Bertz CT molecular complexity index is 999. The standard InChI is InChI=1S/C22H26N4O3S/c1-24(28)22(27)19-16-17(6-8-23-19)29-14-3-9-25-10-12-26(13-11-25)20-4-2-5-21-18(20)7-15-30-21/h2,4-8,15-16,28H,3,9-14H2,1H3. The highest BCUT2D eigenvalue weighted by Crippen LogP contribution is 2.31. The van der Waals surface area contributed by atoms with E-state index in [0.717, 1.165) is 39.1 Å². The van der Waals surface area contributed by atoms with Crippen LogP contribution in [0.5, 0.6) is 5.75 Å². The van der Waals surface area contributed by atoms with Crippen LogP contribution < -0.4 is 9.64 Å². The lowest BCUT2D eigenvalue weighted by Crippen LogP contribution is -2.46. The van der Waals surface area contributed by atoms with Crippen molar-refractivity contribution in [2.24, 2.45) is 0 Å². The van der Waals surface area contributed by atoms with Crippen LogP contribution in [0.3, 0.4) is 0 Å². The number of fused-ring (bicyclic) bond motifs is 1. The zero-order valence-corrected chi connectivity index (χ0v) is 17.8. The smallest absolute Gasteiger partial charge is 0.295 e. The van der Waals surface area contributed by atoms with Gasteiger partial charge in [-0.1, -0.05) is 6.07 Å². The number of nitrogens with zero attached hydrogens (tertiary/aromatic N) is 4. The van der Waals surface area contributed by atoms with E-state index < -0.39 is 5.91 Å². The van der Waals surface area contributed by atoms with E-state index in [4.69, 9.17) is 4.74 Å². The largest absolute Gasteiger partial charge is 0.493 e. The molecule has 1 amide bonds. The molecule has 0 spiro atoms. The zero-order valence-electron chi connectivity index (χ0n) is 17.0. The third-order valence-corrected chi connectivity index (χ3v) is 6.20.